The van der Waals surface area contributed by atoms with Crippen LogP contribution in [0.3, 0.4) is 0 Å². The molecule has 0 aliphatic carbocycles. The van der Waals surface area contributed by atoms with E-state index < -0.39 is 0 Å². The minimum absolute atomic E-state index is 0.0351. The van der Waals surface area contributed by atoms with Crippen molar-refractivity contribution in [3.63, 3.8) is 0 Å². The molecule has 0 spiro atoms. The molecule has 0 aromatic heterocycles. The summed E-state index contributed by atoms with van der Waals surface area (Å²) in [4.78, 5) is 14.7. The van der Waals surface area contributed by atoms with Gasteiger partial charge >= 0.3 is 0 Å². The van der Waals surface area contributed by atoms with E-state index >= 15 is 0 Å². The first-order valence-corrected chi connectivity index (χ1v) is 9.85. The Labute approximate surface area is 140 Å². The smallest absolute Gasteiger partial charge is 0.221 e. The topological polar surface area (TPSA) is 44.4 Å². The number of piperidine rings is 1. The maximum absolute atomic E-state index is 12.2. The predicted octanol–water partition coefficient (Wildman–Crippen LogP) is 1.95. The molecule has 0 bridgehead atoms. The quantitative estimate of drug-likeness (QED) is 0.810. The van der Waals surface area contributed by atoms with Crippen molar-refractivity contribution >= 4 is 17.7 Å². The van der Waals surface area contributed by atoms with Gasteiger partial charge in [-0.3, -0.25) is 9.69 Å². The zero-order valence-electron chi connectivity index (χ0n) is 14.7. The Hall–Kier alpha value is -0.260. The van der Waals surface area contributed by atoms with Gasteiger partial charge in [-0.2, -0.15) is 11.8 Å². The second-order valence-electron chi connectivity index (χ2n) is 7.87. The lowest BCUT2D eigenvalue weighted by molar-refractivity contribution is -0.122. The van der Waals surface area contributed by atoms with Crippen LogP contribution in [0.5, 0.6) is 0 Å². The number of hydrogen-bond acceptors (Lipinski definition) is 4. The molecule has 2 aliphatic heterocycles. The van der Waals surface area contributed by atoms with Crippen molar-refractivity contribution in [2.24, 2.45) is 11.8 Å². The Kier molecular flexibility index (Phi) is 6.59. The third kappa shape index (κ3) is 5.43. The molecule has 3 unspecified atom stereocenters. The number of carbonyl (C=O) groups is 1. The molecule has 0 radical (unpaired) electrons. The second kappa shape index (κ2) is 8.02. The van der Waals surface area contributed by atoms with Crippen molar-refractivity contribution in [2.45, 2.75) is 52.1 Å². The van der Waals surface area contributed by atoms with E-state index in [-0.39, 0.29) is 11.4 Å². The van der Waals surface area contributed by atoms with Crippen molar-refractivity contribution in [3.8, 4) is 0 Å². The van der Waals surface area contributed by atoms with Gasteiger partial charge in [0.05, 0.1) is 0 Å². The summed E-state index contributed by atoms with van der Waals surface area (Å²) < 4.78 is 0. The number of nitrogens with one attached hydrogen (secondary N) is 2. The van der Waals surface area contributed by atoms with Crippen molar-refractivity contribution < 1.29 is 4.79 Å². The highest BCUT2D eigenvalue weighted by atomic mass is 32.2. The lowest BCUT2D eigenvalue weighted by atomic mass is 9.88. The standard InChI is InChI=1S/C17H33N3OS/c1-13-7-14(2)10-20(9-13)17(3,4)12-19-16(21)8-15-11-22-6-5-18-15/h13-15,18H,5-12H2,1-4H3,(H,19,21). The normalized spacial score (nSPS) is 31.0. The van der Waals surface area contributed by atoms with E-state index in [1.165, 1.54) is 6.42 Å². The first-order chi connectivity index (χ1) is 10.4. The van der Waals surface area contributed by atoms with Crippen LogP contribution in [0.2, 0.25) is 0 Å². The Morgan fingerprint density at radius 2 is 2.00 bits per heavy atom. The highest BCUT2D eigenvalue weighted by Crippen LogP contribution is 2.26. The third-order valence-corrected chi connectivity index (χ3v) is 6.00. The first kappa shape index (κ1) is 18.1. The number of amides is 1. The summed E-state index contributed by atoms with van der Waals surface area (Å²) in [6, 6.07) is 0.344. The molecular weight excluding hydrogens is 294 g/mol. The molecule has 0 aromatic carbocycles. The van der Waals surface area contributed by atoms with E-state index in [1.54, 1.807) is 0 Å². The predicted molar refractivity (Wildman–Crippen MR) is 95.3 cm³/mol. The summed E-state index contributed by atoms with van der Waals surface area (Å²) in [6.45, 7) is 13.2. The van der Waals surface area contributed by atoms with Crippen molar-refractivity contribution in [1.82, 2.24) is 15.5 Å². The van der Waals surface area contributed by atoms with Crippen LogP contribution in [-0.2, 0) is 4.79 Å². The van der Waals surface area contributed by atoms with Crippen molar-refractivity contribution in [2.75, 3.05) is 37.7 Å². The van der Waals surface area contributed by atoms with Gasteiger partial charge in [0.1, 0.15) is 0 Å². The maximum Gasteiger partial charge on any atom is 0.221 e. The van der Waals surface area contributed by atoms with Crippen LogP contribution in [-0.4, -0.2) is 60.1 Å². The Bertz CT molecular complexity index is 359. The molecule has 5 heteroatoms. The average molecular weight is 328 g/mol. The molecule has 3 atom stereocenters. The fourth-order valence-corrected chi connectivity index (χ4v) is 4.58. The molecule has 2 aliphatic rings. The molecule has 22 heavy (non-hydrogen) atoms. The monoisotopic (exact) mass is 327 g/mol. The van der Waals surface area contributed by atoms with Gasteiger partial charge in [-0.15, -0.1) is 0 Å². The molecule has 128 valence electrons. The van der Waals surface area contributed by atoms with Crippen LogP contribution in [0.15, 0.2) is 0 Å². The number of carbonyl (C=O) groups excluding carboxylic acids is 1. The lowest BCUT2D eigenvalue weighted by Crippen LogP contribution is -2.56. The van der Waals surface area contributed by atoms with Gasteiger partial charge in [-0.25, -0.2) is 0 Å². The van der Waals surface area contributed by atoms with E-state index in [4.69, 9.17) is 0 Å². The summed E-state index contributed by atoms with van der Waals surface area (Å²) >= 11 is 1.94. The minimum atomic E-state index is 0.0351. The molecule has 1 amide bonds. The van der Waals surface area contributed by atoms with Crippen LogP contribution < -0.4 is 10.6 Å². The number of likely N-dealkylation sites (tertiary alicyclic amines) is 1. The van der Waals surface area contributed by atoms with Crippen LogP contribution in [0.25, 0.3) is 0 Å². The van der Waals surface area contributed by atoms with Crippen molar-refractivity contribution in [1.29, 1.82) is 0 Å². The number of thioether (sulfide) groups is 1. The molecular formula is C17H33N3OS. The van der Waals surface area contributed by atoms with Crippen LogP contribution in [0, 0.1) is 11.8 Å². The third-order valence-electron chi connectivity index (χ3n) is 4.87. The van der Waals surface area contributed by atoms with Gasteiger partial charge in [-0.1, -0.05) is 13.8 Å². The van der Waals surface area contributed by atoms with Gasteiger partial charge < -0.3 is 10.6 Å². The molecule has 4 nitrogen and oxygen atoms in total. The Balaban J connectivity index is 1.77. The first-order valence-electron chi connectivity index (χ1n) is 8.69. The molecule has 2 heterocycles. The van der Waals surface area contributed by atoms with Gasteiger partial charge in [0.2, 0.25) is 5.91 Å². The summed E-state index contributed by atoms with van der Waals surface area (Å²) in [5.41, 5.74) is 0.0351. The molecule has 0 aromatic rings. The Morgan fingerprint density at radius 3 is 2.59 bits per heavy atom. The molecule has 0 saturated carbocycles. The highest BCUT2D eigenvalue weighted by molar-refractivity contribution is 7.99. The second-order valence-corrected chi connectivity index (χ2v) is 9.02. The van der Waals surface area contributed by atoms with E-state index in [1.807, 2.05) is 11.8 Å². The largest absolute Gasteiger partial charge is 0.354 e. The SMILES string of the molecule is CC1CC(C)CN(C(C)(C)CNC(=O)CC2CSCCN2)C1. The average Bonchev–Trinajstić information content (AvgIpc) is 2.45. The van der Waals surface area contributed by atoms with E-state index in [2.05, 4.69) is 43.2 Å². The van der Waals surface area contributed by atoms with E-state index in [0.29, 0.717) is 12.5 Å². The zero-order valence-corrected chi connectivity index (χ0v) is 15.5. The number of nitrogens with zero attached hydrogens (tertiary/aromatic N) is 1. The Morgan fingerprint density at radius 1 is 1.32 bits per heavy atom. The van der Waals surface area contributed by atoms with E-state index in [9.17, 15) is 4.79 Å². The highest BCUT2D eigenvalue weighted by Gasteiger charge is 2.33. The van der Waals surface area contributed by atoms with Gasteiger partial charge in [0.25, 0.3) is 0 Å². The van der Waals surface area contributed by atoms with Crippen LogP contribution in [0.4, 0.5) is 0 Å². The van der Waals surface area contributed by atoms with Crippen LogP contribution in [0.1, 0.15) is 40.5 Å². The summed E-state index contributed by atoms with van der Waals surface area (Å²) in [7, 11) is 0. The zero-order chi connectivity index (χ0) is 16.2. The molecule has 2 N–H and O–H groups in total. The van der Waals surface area contributed by atoms with Crippen LogP contribution >= 0.6 is 11.8 Å². The van der Waals surface area contributed by atoms with Gasteiger partial charge in [-0.05, 0) is 32.1 Å². The van der Waals surface area contributed by atoms with Crippen molar-refractivity contribution in [3.05, 3.63) is 0 Å². The number of rotatable bonds is 5. The molecule has 2 rings (SSSR count). The maximum atomic E-state index is 12.2. The van der Waals surface area contributed by atoms with E-state index in [0.717, 1.165) is 49.5 Å². The van der Waals surface area contributed by atoms with Gasteiger partial charge in [0.15, 0.2) is 0 Å². The summed E-state index contributed by atoms with van der Waals surface area (Å²) in [5, 5.41) is 6.60. The van der Waals surface area contributed by atoms with Gasteiger partial charge in [0, 0.05) is 55.7 Å². The molecule has 2 saturated heterocycles. The number of hydrogen-bond donors (Lipinski definition) is 2. The summed E-state index contributed by atoms with van der Waals surface area (Å²) in [5.74, 6) is 3.91. The minimum Gasteiger partial charge on any atom is -0.354 e. The lowest BCUT2D eigenvalue weighted by Gasteiger charge is -2.45. The molecule has 2 fully saturated rings. The fraction of sp³-hybridized carbons (Fsp3) is 0.941. The fourth-order valence-electron chi connectivity index (χ4n) is 3.63. The summed E-state index contributed by atoms with van der Waals surface area (Å²) in [6.07, 6.45) is 1.93.